The number of para-hydroxylation sites is 1. The van der Waals surface area contributed by atoms with Gasteiger partial charge in [-0.2, -0.15) is 0 Å². The highest BCUT2D eigenvalue weighted by atomic mass is 16.6. The van der Waals surface area contributed by atoms with Gasteiger partial charge in [-0.05, 0) is 30.0 Å². The number of carboxylic acids is 1. The number of aryl methyl sites for hydroxylation is 1. The lowest BCUT2D eigenvalue weighted by Crippen LogP contribution is -2.37. The molecular formula is C15H18O4. The second-order valence-electron chi connectivity index (χ2n) is 4.99. The third-order valence-electron chi connectivity index (χ3n) is 3.19. The predicted molar refractivity (Wildman–Crippen MR) is 70.9 cm³/mol. The molecule has 2 unspecified atom stereocenters. The standard InChI is InChI=1S/C15H18O4/c1-11(10-14(16)17)6-8-15(18)9-7-12-4-2-3-5-13(12)19-15/h2-6,8,11,18H,7,9-10H2,1H3,(H,16,17). The summed E-state index contributed by atoms with van der Waals surface area (Å²) in [6.45, 7) is 1.80. The van der Waals surface area contributed by atoms with E-state index in [1.807, 2.05) is 24.3 Å². The number of aliphatic carboxylic acids is 1. The first-order chi connectivity index (χ1) is 8.98. The molecule has 0 radical (unpaired) electrons. The SMILES string of the molecule is CC(C=CC1(O)CCc2ccccc2O1)CC(=O)O. The van der Waals surface area contributed by atoms with Crippen molar-refractivity contribution in [3.8, 4) is 5.75 Å². The first-order valence-electron chi connectivity index (χ1n) is 6.39. The van der Waals surface area contributed by atoms with E-state index in [1.165, 1.54) is 0 Å². The second kappa shape index (κ2) is 5.45. The Kier molecular flexibility index (Phi) is 3.90. The lowest BCUT2D eigenvalue weighted by atomic mass is 9.98. The number of hydrogen-bond donors (Lipinski definition) is 2. The molecule has 0 amide bonds. The van der Waals surface area contributed by atoms with Gasteiger partial charge >= 0.3 is 5.97 Å². The van der Waals surface area contributed by atoms with Crippen molar-refractivity contribution in [1.29, 1.82) is 0 Å². The first kappa shape index (κ1) is 13.6. The highest BCUT2D eigenvalue weighted by Gasteiger charge is 2.31. The number of fused-ring (bicyclic) bond motifs is 1. The molecule has 0 aromatic heterocycles. The van der Waals surface area contributed by atoms with Gasteiger partial charge in [0.15, 0.2) is 0 Å². The minimum atomic E-state index is -1.33. The Hall–Kier alpha value is -1.81. The Morgan fingerprint density at radius 2 is 2.26 bits per heavy atom. The van der Waals surface area contributed by atoms with Gasteiger partial charge in [0, 0.05) is 6.42 Å². The fourth-order valence-corrected chi connectivity index (χ4v) is 2.14. The van der Waals surface area contributed by atoms with Gasteiger partial charge in [-0.1, -0.05) is 31.2 Å². The highest BCUT2D eigenvalue weighted by molar-refractivity contribution is 5.67. The monoisotopic (exact) mass is 262 g/mol. The summed E-state index contributed by atoms with van der Waals surface area (Å²) in [7, 11) is 0. The highest BCUT2D eigenvalue weighted by Crippen LogP contribution is 2.32. The number of carbonyl (C=O) groups is 1. The minimum absolute atomic E-state index is 0.0448. The molecule has 0 aliphatic carbocycles. The molecule has 4 heteroatoms. The normalized spacial score (nSPS) is 23.7. The van der Waals surface area contributed by atoms with Crippen LogP contribution in [0.25, 0.3) is 0 Å². The van der Waals surface area contributed by atoms with Crippen LogP contribution in [0, 0.1) is 5.92 Å². The minimum Gasteiger partial charge on any atom is -0.481 e. The van der Waals surface area contributed by atoms with Crippen molar-refractivity contribution in [2.45, 2.75) is 32.0 Å². The van der Waals surface area contributed by atoms with Gasteiger partial charge in [0.1, 0.15) is 5.75 Å². The van der Waals surface area contributed by atoms with Gasteiger partial charge in [-0.3, -0.25) is 4.79 Å². The molecule has 0 bridgehead atoms. The predicted octanol–water partition coefficient (Wildman–Crippen LogP) is 2.37. The molecule has 1 aliphatic rings. The summed E-state index contributed by atoms with van der Waals surface area (Å²) in [5, 5.41) is 19.0. The molecule has 2 atom stereocenters. The van der Waals surface area contributed by atoms with Crippen LogP contribution < -0.4 is 4.74 Å². The van der Waals surface area contributed by atoms with Crippen LogP contribution in [0.4, 0.5) is 0 Å². The van der Waals surface area contributed by atoms with E-state index in [1.54, 1.807) is 19.1 Å². The maximum Gasteiger partial charge on any atom is 0.303 e. The third-order valence-corrected chi connectivity index (χ3v) is 3.19. The number of rotatable bonds is 4. The van der Waals surface area contributed by atoms with Crippen molar-refractivity contribution in [2.24, 2.45) is 5.92 Å². The Balaban J connectivity index is 2.05. The van der Waals surface area contributed by atoms with Gasteiger partial charge in [0.2, 0.25) is 5.79 Å². The van der Waals surface area contributed by atoms with Crippen LogP contribution in [-0.2, 0) is 11.2 Å². The lowest BCUT2D eigenvalue weighted by molar-refractivity contribution is -0.137. The zero-order valence-corrected chi connectivity index (χ0v) is 10.9. The van der Waals surface area contributed by atoms with E-state index in [0.717, 1.165) is 12.0 Å². The molecule has 0 saturated heterocycles. The van der Waals surface area contributed by atoms with Crippen LogP contribution in [0.2, 0.25) is 0 Å². The molecule has 1 aromatic rings. The number of carboxylic acid groups (broad SMARTS) is 1. The van der Waals surface area contributed by atoms with E-state index >= 15 is 0 Å². The van der Waals surface area contributed by atoms with Crippen molar-refractivity contribution in [1.82, 2.24) is 0 Å². The third kappa shape index (κ3) is 3.58. The smallest absolute Gasteiger partial charge is 0.303 e. The summed E-state index contributed by atoms with van der Waals surface area (Å²) in [5.74, 6) is -1.63. The Labute approximate surface area is 112 Å². The van der Waals surface area contributed by atoms with Gasteiger partial charge in [0.05, 0.1) is 6.42 Å². The number of ether oxygens (including phenoxy) is 1. The maximum atomic E-state index is 10.6. The molecule has 0 spiro atoms. The maximum absolute atomic E-state index is 10.6. The van der Waals surface area contributed by atoms with Crippen molar-refractivity contribution in [2.75, 3.05) is 0 Å². The average molecular weight is 262 g/mol. The van der Waals surface area contributed by atoms with Crippen LogP contribution in [0.15, 0.2) is 36.4 Å². The molecular weight excluding hydrogens is 244 g/mol. The van der Waals surface area contributed by atoms with Crippen LogP contribution in [0.5, 0.6) is 5.75 Å². The second-order valence-corrected chi connectivity index (χ2v) is 4.99. The van der Waals surface area contributed by atoms with Crippen molar-refractivity contribution in [3.05, 3.63) is 42.0 Å². The summed E-state index contributed by atoms with van der Waals surface area (Å²) < 4.78 is 5.60. The van der Waals surface area contributed by atoms with Crippen molar-refractivity contribution < 1.29 is 19.7 Å². The number of aliphatic hydroxyl groups is 1. The average Bonchev–Trinajstić information content (AvgIpc) is 2.36. The van der Waals surface area contributed by atoms with E-state index in [9.17, 15) is 9.90 Å². The first-order valence-corrected chi connectivity index (χ1v) is 6.39. The molecule has 1 aliphatic heterocycles. The molecule has 102 valence electrons. The van der Waals surface area contributed by atoms with E-state index in [4.69, 9.17) is 9.84 Å². The van der Waals surface area contributed by atoms with E-state index in [2.05, 4.69) is 0 Å². The van der Waals surface area contributed by atoms with Gasteiger partial charge in [0.25, 0.3) is 0 Å². The van der Waals surface area contributed by atoms with Crippen molar-refractivity contribution >= 4 is 5.97 Å². The number of allylic oxidation sites excluding steroid dienone is 1. The Morgan fingerprint density at radius 1 is 1.53 bits per heavy atom. The van der Waals surface area contributed by atoms with Crippen LogP contribution in [0.3, 0.4) is 0 Å². The van der Waals surface area contributed by atoms with Crippen LogP contribution in [-0.4, -0.2) is 22.0 Å². The quantitative estimate of drug-likeness (QED) is 0.817. The van der Waals surface area contributed by atoms with Gasteiger partial charge in [-0.15, -0.1) is 0 Å². The van der Waals surface area contributed by atoms with Crippen molar-refractivity contribution in [3.63, 3.8) is 0 Å². The largest absolute Gasteiger partial charge is 0.481 e. The topological polar surface area (TPSA) is 66.8 Å². The summed E-state index contributed by atoms with van der Waals surface area (Å²) in [5.41, 5.74) is 1.08. The van der Waals surface area contributed by atoms with E-state index < -0.39 is 11.8 Å². The lowest BCUT2D eigenvalue weighted by Gasteiger charge is -2.31. The molecule has 0 fully saturated rings. The molecule has 1 heterocycles. The molecule has 19 heavy (non-hydrogen) atoms. The fraction of sp³-hybridized carbons (Fsp3) is 0.400. The van der Waals surface area contributed by atoms with Crippen LogP contribution in [0.1, 0.15) is 25.3 Å². The van der Waals surface area contributed by atoms with E-state index in [0.29, 0.717) is 12.2 Å². The van der Waals surface area contributed by atoms with E-state index in [-0.39, 0.29) is 12.3 Å². The molecule has 0 saturated carbocycles. The van der Waals surface area contributed by atoms with Gasteiger partial charge in [-0.25, -0.2) is 0 Å². The Morgan fingerprint density at radius 3 is 3.00 bits per heavy atom. The summed E-state index contributed by atoms with van der Waals surface area (Å²) >= 11 is 0. The number of benzene rings is 1. The number of hydrogen-bond acceptors (Lipinski definition) is 3. The zero-order chi connectivity index (χ0) is 13.9. The molecule has 2 N–H and O–H groups in total. The van der Waals surface area contributed by atoms with Crippen LogP contribution >= 0.6 is 0 Å². The zero-order valence-electron chi connectivity index (χ0n) is 10.9. The molecule has 1 aromatic carbocycles. The fourth-order valence-electron chi connectivity index (χ4n) is 2.14. The Bertz CT molecular complexity index is 495. The summed E-state index contributed by atoms with van der Waals surface area (Å²) in [4.78, 5) is 10.6. The van der Waals surface area contributed by atoms with Gasteiger partial charge < -0.3 is 14.9 Å². The summed E-state index contributed by atoms with van der Waals surface area (Å²) in [6.07, 6.45) is 4.52. The summed E-state index contributed by atoms with van der Waals surface area (Å²) in [6, 6.07) is 7.61. The molecule has 2 rings (SSSR count). The molecule has 4 nitrogen and oxygen atoms in total.